The van der Waals surface area contributed by atoms with Gasteiger partial charge < -0.3 is 19.9 Å². The number of benzene rings is 1. The largest absolute Gasteiger partial charge is 0.491 e. The molecule has 0 fully saturated rings. The van der Waals surface area contributed by atoms with Gasteiger partial charge >= 0.3 is 0 Å². The van der Waals surface area contributed by atoms with Crippen LogP contribution in [0.2, 0.25) is 0 Å². The number of methoxy groups -OCH3 is 1. The number of nitrogens with two attached hydrogens (primary N) is 1. The highest BCUT2D eigenvalue weighted by Gasteiger charge is 2.12. The monoisotopic (exact) mass is 285 g/mol. The third-order valence-corrected chi connectivity index (χ3v) is 2.90. The molecule has 2 N–H and O–H groups in total. The molecule has 114 valence electrons. The maximum absolute atomic E-state index is 13.5. The lowest BCUT2D eigenvalue weighted by molar-refractivity contribution is 0.0803. The molecule has 1 aromatic rings. The van der Waals surface area contributed by atoms with Crippen LogP contribution in [0.25, 0.3) is 0 Å². The first-order valence-corrected chi connectivity index (χ1v) is 6.81. The molecule has 0 aromatic heterocycles. The van der Waals surface area contributed by atoms with E-state index in [-0.39, 0.29) is 11.9 Å². The third-order valence-electron chi connectivity index (χ3n) is 2.90. The van der Waals surface area contributed by atoms with Gasteiger partial charge in [0.1, 0.15) is 18.2 Å². The van der Waals surface area contributed by atoms with Crippen LogP contribution in [0.3, 0.4) is 0 Å². The van der Waals surface area contributed by atoms with Gasteiger partial charge in [-0.25, -0.2) is 4.39 Å². The summed E-state index contributed by atoms with van der Waals surface area (Å²) in [4.78, 5) is 0. The van der Waals surface area contributed by atoms with Crippen LogP contribution in [0.15, 0.2) is 12.1 Å². The van der Waals surface area contributed by atoms with Crippen molar-refractivity contribution in [2.45, 2.75) is 26.3 Å². The van der Waals surface area contributed by atoms with E-state index in [1.807, 2.05) is 0 Å². The molecule has 0 amide bonds. The highest BCUT2D eigenvalue weighted by molar-refractivity contribution is 5.39. The van der Waals surface area contributed by atoms with Gasteiger partial charge in [0.25, 0.3) is 0 Å². The predicted octanol–water partition coefficient (Wildman–Crippen LogP) is 2.59. The average molecular weight is 285 g/mol. The van der Waals surface area contributed by atoms with Gasteiger partial charge in [0.2, 0.25) is 0 Å². The summed E-state index contributed by atoms with van der Waals surface area (Å²) >= 11 is 0. The fourth-order valence-corrected chi connectivity index (χ4v) is 1.77. The second-order valence-corrected chi connectivity index (χ2v) is 4.74. The van der Waals surface area contributed by atoms with Crippen molar-refractivity contribution in [3.8, 4) is 5.75 Å². The molecule has 0 aliphatic rings. The van der Waals surface area contributed by atoms with Crippen LogP contribution in [-0.4, -0.2) is 33.5 Å². The zero-order valence-corrected chi connectivity index (χ0v) is 12.4. The van der Waals surface area contributed by atoms with Gasteiger partial charge in [0, 0.05) is 31.9 Å². The van der Waals surface area contributed by atoms with Crippen molar-refractivity contribution in [2.75, 3.05) is 33.5 Å². The minimum Gasteiger partial charge on any atom is -0.491 e. The van der Waals surface area contributed by atoms with Gasteiger partial charge in [-0.2, -0.15) is 0 Å². The fourth-order valence-electron chi connectivity index (χ4n) is 1.77. The van der Waals surface area contributed by atoms with Crippen LogP contribution in [0.4, 0.5) is 4.39 Å². The SMILES string of the molecule is COCCCOCCOc1cc(C)c(F)cc1[C@H](C)N. The molecule has 0 aliphatic heterocycles. The molecule has 4 nitrogen and oxygen atoms in total. The van der Waals surface area contributed by atoms with Crippen molar-refractivity contribution in [1.29, 1.82) is 0 Å². The second kappa shape index (κ2) is 8.89. The van der Waals surface area contributed by atoms with E-state index < -0.39 is 0 Å². The van der Waals surface area contributed by atoms with Crippen LogP contribution in [0.1, 0.15) is 30.5 Å². The lowest BCUT2D eigenvalue weighted by atomic mass is 10.1. The Morgan fingerprint density at radius 1 is 1.20 bits per heavy atom. The van der Waals surface area contributed by atoms with Gasteiger partial charge in [-0.05, 0) is 38.0 Å². The Hall–Kier alpha value is -1.17. The Bertz CT molecular complexity index is 410. The Balaban J connectivity index is 2.45. The van der Waals surface area contributed by atoms with Crippen molar-refractivity contribution in [2.24, 2.45) is 5.73 Å². The Morgan fingerprint density at radius 2 is 1.95 bits per heavy atom. The lowest BCUT2D eigenvalue weighted by Crippen LogP contribution is -2.13. The molecule has 0 saturated heterocycles. The number of ether oxygens (including phenoxy) is 3. The van der Waals surface area contributed by atoms with Gasteiger partial charge in [0.05, 0.1) is 6.61 Å². The van der Waals surface area contributed by atoms with Crippen LogP contribution in [-0.2, 0) is 9.47 Å². The zero-order chi connectivity index (χ0) is 15.0. The minimum atomic E-state index is -0.275. The molecule has 0 radical (unpaired) electrons. The standard InChI is InChI=1S/C15H24FNO3/c1-11-9-15(13(12(2)17)10-14(11)16)20-8-7-19-6-4-5-18-3/h9-10,12H,4-8,17H2,1-3H3/t12-/m0/s1. The summed E-state index contributed by atoms with van der Waals surface area (Å²) in [5, 5.41) is 0. The smallest absolute Gasteiger partial charge is 0.126 e. The Labute approximate surface area is 120 Å². The number of rotatable bonds is 9. The molecule has 20 heavy (non-hydrogen) atoms. The summed E-state index contributed by atoms with van der Waals surface area (Å²) in [6, 6.07) is 2.84. The molecule has 0 saturated carbocycles. The Kier molecular flexibility index (Phi) is 7.51. The van der Waals surface area contributed by atoms with E-state index in [4.69, 9.17) is 19.9 Å². The van der Waals surface area contributed by atoms with E-state index in [1.165, 1.54) is 6.07 Å². The van der Waals surface area contributed by atoms with Crippen molar-refractivity contribution in [3.05, 3.63) is 29.1 Å². The normalized spacial score (nSPS) is 12.4. The molecule has 5 heteroatoms. The van der Waals surface area contributed by atoms with Gasteiger partial charge in [-0.3, -0.25) is 0 Å². The molecule has 0 bridgehead atoms. The summed E-state index contributed by atoms with van der Waals surface area (Å²) in [6.45, 7) is 5.73. The molecule has 1 aromatic carbocycles. The number of halogens is 1. The number of hydrogen-bond donors (Lipinski definition) is 1. The van der Waals surface area contributed by atoms with Gasteiger partial charge in [-0.1, -0.05) is 0 Å². The minimum absolute atomic E-state index is 0.263. The molecule has 1 atom stereocenters. The van der Waals surface area contributed by atoms with Crippen molar-refractivity contribution in [1.82, 2.24) is 0 Å². The third kappa shape index (κ3) is 5.45. The van der Waals surface area contributed by atoms with Crippen LogP contribution in [0, 0.1) is 12.7 Å². The summed E-state index contributed by atoms with van der Waals surface area (Å²) in [5.41, 5.74) is 7.05. The first-order chi connectivity index (χ1) is 9.56. The Morgan fingerprint density at radius 3 is 2.60 bits per heavy atom. The molecular formula is C15H24FNO3. The molecule has 0 heterocycles. The van der Waals surface area contributed by atoms with E-state index in [9.17, 15) is 4.39 Å². The number of hydrogen-bond acceptors (Lipinski definition) is 4. The highest BCUT2D eigenvalue weighted by Crippen LogP contribution is 2.27. The molecule has 0 unspecified atom stereocenters. The van der Waals surface area contributed by atoms with Crippen molar-refractivity contribution >= 4 is 0 Å². The number of aryl methyl sites for hydroxylation is 1. The maximum Gasteiger partial charge on any atom is 0.126 e. The van der Waals surface area contributed by atoms with Crippen molar-refractivity contribution < 1.29 is 18.6 Å². The molecular weight excluding hydrogens is 261 g/mol. The zero-order valence-electron chi connectivity index (χ0n) is 12.4. The van der Waals surface area contributed by atoms with E-state index in [0.717, 1.165) is 6.42 Å². The summed E-state index contributed by atoms with van der Waals surface area (Å²) in [7, 11) is 1.66. The van der Waals surface area contributed by atoms with E-state index in [1.54, 1.807) is 27.0 Å². The first-order valence-electron chi connectivity index (χ1n) is 6.81. The average Bonchev–Trinajstić information content (AvgIpc) is 2.41. The maximum atomic E-state index is 13.5. The first kappa shape index (κ1) is 16.9. The van der Waals surface area contributed by atoms with Crippen molar-refractivity contribution in [3.63, 3.8) is 0 Å². The summed E-state index contributed by atoms with van der Waals surface area (Å²) in [5.74, 6) is 0.361. The second-order valence-electron chi connectivity index (χ2n) is 4.74. The topological polar surface area (TPSA) is 53.7 Å². The molecule has 1 rings (SSSR count). The van der Waals surface area contributed by atoms with Gasteiger partial charge in [0.15, 0.2) is 0 Å². The van der Waals surface area contributed by atoms with Crippen LogP contribution < -0.4 is 10.5 Å². The predicted molar refractivity (Wildman–Crippen MR) is 76.5 cm³/mol. The fraction of sp³-hybridized carbons (Fsp3) is 0.600. The molecule has 0 spiro atoms. The van der Waals surface area contributed by atoms with Crippen LogP contribution in [0.5, 0.6) is 5.75 Å². The quantitative estimate of drug-likeness (QED) is 0.709. The van der Waals surface area contributed by atoms with Gasteiger partial charge in [-0.15, -0.1) is 0 Å². The summed E-state index contributed by atoms with van der Waals surface area (Å²) < 4.78 is 29.5. The van der Waals surface area contributed by atoms with E-state index in [2.05, 4.69) is 0 Å². The summed E-state index contributed by atoms with van der Waals surface area (Å²) in [6.07, 6.45) is 0.858. The molecule has 0 aliphatic carbocycles. The lowest BCUT2D eigenvalue weighted by Gasteiger charge is -2.15. The van der Waals surface area contributed by atoms with E-state index >= 15 is 0 Å². The van der Waals surface area contributed by atoms with E-state index in [0.29, 0.717) is 43.3 Å². The highest BCUT2D eigenvalue weighted by atomic mass is 19.1. The van der Waals surface area contributed by atoms with Crippen LogP contribution >= 0.6 is 0 Å².